The molecule has 9 heteroatoms. The van der Waals surface area contributed by atoms with Gasteiger partial charge in [0, 0.05) is 54.4 Å². The summed E-state index contributed by atoms with van der Waals surface area (Å²) in [5.74, 6) is 0.181. The number of benzene rings is 2. The van der Waals surface area contributed by atoms with Crippen molar-refractivity contribution in [2.24, 2.45) is 0 Å². The van der Waals surface area contributed by atoms with Gasteiger partial charge in [0.05, 0.1) is 16.3 Å². The smallest absolute Gasteiger partial charge is 0.223 e. The lowest BCUT2D eigenvalue weighted by atomic mass is 10.1. The number of sulfone groups is 1. The minimum Gasteiger partial charge on any atom is -0.368 e. The Labute approximate surface area is 205 Å². The van der Waals surface area contributed by atoms with Crippen LogP contribution in [0.5, 0.6) is 0 Å². The second kappa shape index (κ2) is 9.80. The fourth-order valence-electron chi connectivity index (χ4n) is 4.12. The Kier molecular flexibility index (Phi) is 7.00. The van der Waals surface area contributed by atoms with Gasteiger partial charge in [0.1, 0.15) is 0 Å². The summed E-state index contributed by atoms with van der Waals surface area (Å²) >= 11 is 5.96. The average molecular weight is 502 g/mol. The van der Waals surface area contributed by atoms with Crippen molar-refractivity contribution in [2.45, 2.75) is 32.1 Å². The first-order valence-electron chi connectivity index (χ1n) is 11.2. The van der Waals surface area contributed by atoms with Crippen LogP contribution in [0.3, 0.4) is 0 Å². The molecule has 1 aromatic heterocycles. The third-order valence-corrected chi connectivity index (χ3v) is 8.45. The predicted octanol–water partition coefficient (Wildman–Crippen LogP) is 4.43. The van der Waals surface area contributed by atoms with E-state index >= 15 is 0 Å². The number of rotatable bonds is 6. The summed E-state index contributed by atoms with van der Waals surface area (Å²) in [5, 5.41) is 4.65. The summed E-state index contributed by atoms with van der Waals surface area (Å²) in [6, 6.07) is 12.8. The van der Waals surface area contributed by atoms with Crippen LogP contribution in [0, 0.1) is 20.8 Å². The molecule has 1 aliphatic rings. The molecule has 1 fully saturated rings. The van der Waals surface area contributed by atoms with Crippen molar-refractivity contribution in [1.29, 1.82) is 0 Å². The number of hydrogen-bond acceptors (Lipinski definition) is 6. The van der Waals surface area contributed by atoms with Crippen molar-refractivity contribution in [3.05, 3.63) is 64.3 Å². The van der Waals surface area contributed by atoms with Crippen molar-refractivity contribution in [3.8, 4) is 11.3 Å². The molecule has 2 aromatic carbocycles. The lowest BCUT2D eigenvalue weighted by Crippen LogP contribution is -2.49. The zero-order chi connectivity index (χ0) is 24.5. The van der Waals surface area contributed by atoms with E-state index in [1.165, 1.54) is 0 Å². The third kappa shape index (κ3) is 5.13. The number of aryl methyl sites for hydroxylation is 2. The van der Waals surface area contributed by atoms with Gasteiger partial charge in [-0.1, -0.05) is 28.9 Å². The van der Waals surface area contributed by atoms with Crippen molar-refractivity contribution in [2.75, 3.05) is 36.8 Å². The molecular weight excluding hydrogens is 474 g/mol. The summed E-state index contributed by atoms with van der Waals surface area (Å²) in [6.45, 7) is 7.98. The number of piperazine rings is 1. The number of nitrogens with zero attached hydrogens (tertiary/aromatic N) is 3. The Hall–Kier alpha value is -2.84. The van der Waals surface area contributed by atoms with Crippen LogP contribution in [0.2, 0.25) is 5.02 Å². The van der Waals surface area contributed by atoms with Crippen molar-refractivity contribution >= 4 is 33.0 Å². The Balaban J connectivity index is 1.39. The Morgan fingerprint density at radius 1 is 1.03 bits per heavy atom. The number of carbonyl (C=O) groups is 1. The van der Waals surface area contributed by atoms with Gasteiger partial charge in [-0.05, 0) is 56.7 Å². The molecule has 7 nitrogen and oxygen atoms in total. The minimum absolute atomic E-state index is 0.0482. The van der Waals surface area contributed by atoms with Gasteiger partial charge in [-0.3, -0.25) is 4.79 Å². The van der Waals surface area contributed by atoms with Gasteiger partial charge in [-0.25, -0.2) is 8.42 Å². The maximum Gasteiger partial charge on any atom is 0.223 e. The summed E-state index contributed by atoms with van der Waals surface area (Å²) in [4.78, 5) is 16.9. The maximum absolute atomic E-state index is 13.1. The fourth-order valence-corrected chi connectivity index (χ4v) is 5.77. The highest BCUT2D eigenvalue weighted by molar-refractivity contribution is 7.91. The standard InChI is InChI=1S/C25H28ClN3O4S/c1-17-4-5-20(25-18(2)19(3)27-33-25)16-23(17)34(31,32)15-10-24(30)29-13-11-28(12-14-29)22-8-6-21(26)7-9-22/h4-9,16H,10-15H2,1-3H3. The van der Waals surface area contributed by atoms with Crippen LogP contribution in [0.1, 0.15) is 23.2 Å². The molecule has 1 saturated heterocycles. The molecule has 1 aliphatic heterocycles. The summed E-state index contributed by atoms with van der Waals surface area (Å²) in [5.41, 5.74) is 4.00. The van der Waals surface area contributed by atoms with Crippen molar-refractivity contribution in [3.63, 3.8) is 0 Å². The van der Waals surface area contributed by atoms with E-state index in [2.05, 4.69) is 10.1 Å². The van der Waals surface area contributed by atoms with Crippen LogP contribution < -0.4 is 4.90 Å². The molecule has 0 N–H and O–H groups in total. The van der Waals surface area contributed by atoms with E-state index in [4.69, 9.17) is 16.1 Å². The molecule has 0 unspecified atom stereocenters. The van der Waals surface area contributed by atoms with E-state index in [1.54, 1.807) is 24.0 Å². The molecule has 0 bridgehead atoms. The Morgan fingerprint density at radius 3 is 2.32 bits per heavy atom. The van der Waals surface area contributed by atoms with Gasteiger partial charge in [-0.15, -0.1) is 0 Å². The molecule has 0 aliphatic carbocycles. The quantitative estimate of drug-likeness (QED) is 0.496. The normalized spacial score (nSPS) is 14.5. The van der Waals surface area contributed by atoms with E-state index in [-0.39, 0.29) is 23.0 Å². The van der Waals surface area contributed by atoms with Crippen molar-refractivity contribution in [1.82, 2.24) is 10.1 Å². The van der Waals surface area contributed by atoms with Crippen LogP contribution in [0.15, 0.2) is 51.9 Å². The lowest BCUT2D eigenvalue weighted by molar-refractivity contribution is -0.131. The van der Waals surface area contributed by atoms with Crippen LogP contribution in [0.25, 0.3) is 11.3 Å². The number of carbonyl (C=O) groups excluding carboxylic acids is 1. The highest BCUT2D eigenvalue weighted by Gasteiger charge is 2.25. The third-order valence-electron chi connectivity index (χ3n) is 6.35. The van der Waals surface area contributed by atoms with Gasteiger partial charge in [-0.2, -0.15) is 0 Å². The first-order chi connectivity index (χ1) is 16.2. The molecule has 4 rings (SSSR count). The fraction of sp³-hybridized carbons (Fsp3) is 0.360. The topological polar surface area (TPSA) is 83.7 Å². The minimum atomic E-state index is -3.65. The van der Waals surface area contributed by atoms with Gasteiger partial charge in [0.2, 0.25) is 5.91 Å². The Morgan fingerprint density at radius 2 is 1.71 bits per heavy atom. The summed E-state index contributed by atoms with van der Waals surface area (Å²) in [7, 11) is -3.65. The zero-order valence-corrected chi connectivity index (χ0v) is 21.1. The van der Waals surface area contributed by atoms with Crippen LogP contribution >= 0.6 is 11.6 Å². The number of amides is 1. The molecule has 34 heavy (non-hydrogen) atoms. The molecule has 0 spiro atoms. The number of halogens is 1. The maximum atomic E-state index is 13.1. The van der Waals surface area contributed by atoms with Crippen molar-refractivity contribution < 1.29 is 17.7 Å². The van der Waals surface area contributed by atoms with Crippen LogP contribution in [0.4, 0.5) is 5.69 Å². The zero-order valence-electron chi connectivity index (χ0n) is 19.5. The van der Waals surface area contributed by atoms with Gasteiger partial charge in [0.25, 0.3) is 0 Å². The van der Waals surface area contributed by atoms with E-state index in [0.717, 1.165) is 16.9 Å². The van der Waals surface area contributed by atoms with Crippen LogP contribution in [-0.4, -0.2) is 56.3 Å². The number of hydrogen-bond donors (Lipinski definition) is 0. The van der Waals surface area contributed by atoms with Crippen LogP contribution in [-0.2, 0) is 14.6 Å². The summed E-state index contributed by atoms with van der Waals surface area (Å²) in [6.07, 6.45) is -0.0482. The van der Waals surface area contributed by atoms with E-state index < -0.39 is 9.84 Å². The van der Waals surface area contributed by atoms with E-state index in [1.807, 2.05) is 44.2 Å². The van der Waals surface area contributed by atoms with Gasteiger partial charge < -0.3 is 14.3 Å². The molecule has 0 radical (unpaired) electrons. The number of aromatic nitrogens is 1. The average Bonchev–Trinajstić information content (AvgIpc) is 3.16. The first kappa shape index (κ1) is 24.3. The molecule has 180 valence electrons. The van der Waals surface area contributed by atoms with Gasteiger partial charge in [0.15, 0.2) is 15.6 Å². The number of anilines is 1. The second-order valence-electron chi connectivity index (χ2n) is 8.62. The van der Waals surface area contributed by atoms with E-state index in [9.17, 15) is 13.2 Å². The molecule has 0 saturated carbocycles. The molecule has 1 amide bonds. The predicted molar refractivity (Wildman–Crippen MR) is 133 cm³/mol. The summed E-state index contributed by atoms with van der Waals surface area (Å²) < 4.78 is 31.7. The molecular formula is C25H28ClN3O4S. The monoisotopic (exact) mass is 501 g/mol. The van der Waals surface area contributed by atoms with E-state index in [0.29, 0.717) is 48.1 Å². The SMILES string of the molecule is Cc1ccc(-c2onc(C)c2C)cc1S(=O)(=O)CCC(=O)N1CCN(c2ccc(Cl)cc2)CC1. The molecule has 3 aromatic rings. The lowest BCUT2D eigenvalue weighted by Gasteiger charge is -2.36. The Bertz CT molecular complexity index is 1290. The largest absolute Gasteiger partial charge is 0.368 e. The van der Waals surface area contributed by atoms with Gasteiger partial charge >= 0.3 is 0 Å². The highest BCUT2D eigenvalue weighted by atomic mass is 35.5. The molecule has 2 heterocycles. The first-order valence-corrected chi connectivity index (χ1v) is 13.2. The molecule has 0 atom stereocenters. The highest BCUT2D eigenvalue weighted by Crippen LogP contribution is 2.29. The second-order valence-corrected chi connectivity index (χ2v) is 11.1.